The highest BCUT2D eigenvalue weighted by Gasteiger charge is 2.25. The summed E-state index contributed by atoms with van der Waals surface area (Å²) in [6.07, 6.45) is 0. The summed E-state index contributed by atoms with van der Waals surface area (Å²) in [6, 6.07) is 11.8. The molecule has 0 unspecified atom stereocenters. The molecule has 2 aromatic rings. The molecular formula is C19H24N2O3S. The summed E-state index contributed by atoms with van der Waals surface area (Å²) in [5.74, 6) is -0.334. The molecule has 2 rings (SSSR count). The van der Waals surface area contributed by atoms with Gasteiger partial charge in [-0.1, -0.05) is 24.3 Å². The predicted octanol–water partition coefficient (Wildman–Crippen LogP) is 3.63. The molecule has 0 fully saturated rings. The van der Waals surface area contributed by atoms with E-state index < -0.39 is 15.6 Å². The van der Waals surface area contributed by atoms with Gasteiger partial charge in [-0.2, -0.15) is 0 Å². The van der Waals surface area contributed by atoms with Crippen molar-refractivity contribution in [2.45, 2.75) is 45.1 Å². The van der Waals surface area contributed by atoms with Gasteiger partial charge in [-0.05, 0) is 63.9 Å². The molecule has 134 valence electrons. The van der Waals surface area contributed by atoms with Crippen LogP contribution in [0.15, 0.2) is 47.4 Å². The lowest BCUT2D eigenvalue weighted by Gasteiger charge is -2.21. The molecule has 0 aromatic heterocycles. The fraction of sp³-hybridized carbons (Fsp3) is 0.316. The van der Waals surface area contributed by atoms with Gasteiger partial charge >= 0.3 is 0 Å². The number of hydrogen-bond donors (Lipinski definition) is 2. The molecule has 0 saturated heterocycles. The number of benzene rings is 2. The standard InChI is InChI=1S/C19H24N2O3S/c1-13-9-8-10-15(14(13)2)18(22)20-16-11-6-7-12-17(16)25(23,24)21-19(3,4)5/h6-12,21H,1-5H3,(H,20,22). The summed E-state index contributed by atoms with van der Waals surface area (Å²) < 4.78 is 27.9. The second-order valence-corrected chi connectivity index (χ2v) is 8.70. The Morgan fingerprint density at radius 3 is 2.24 bits per heavy atom. The number of nitrogens with one attached hydrogen (secondary N) is 2. The number of rotatable bonds is 4. The van der Waals surface area contributed by atoms with Crippen LogP contribution >= 0.6 is 0 Å². The van der Waals surface area contributed by atoms with Crippen molar-refractivity contribution < 1.29 is 13.2 Å². The van der Waals surface area contributed by atoms with E-state index >= 15 is 0 Å². The van der Waals surface area contributed by atoms with Gasteiger partial charge in [0.2, 0.25) is 10.0 Å². The zero-order chi connectivity index (χ0) is 18.8. The number of carbonyl (C=O) groups is 1. The van der Waals surface area contributed by atoms with Crippen molar-refractivity contribution in [2.24, 2.45) is 0 Å². The molecule has 2 aromatic carbocycles. The number of carbonyl (C=O) groups excluding carboxylic acids is 1. The fourth-order valence-corrected chi connectivity index (χ4v) is 4.03. The third kappa shape index (κ3) is 4.67. The smallest absolute Gasteiger partial charge is 0.255 e. The molecule has 0 radical (unpaired) electrons. The Kier molecular flexibility index (Phi) is 5.34. The topological polar surface area (TPSA) is 75.3 Å². The zero-order valence-electron chi connectivity index (χ0n) is 15.2. The highest BCUT2D eigenvalue weighted by Crippen LogP contribution is 2.23. The first kappa shape index (κ1) is 19.1. The summed E-state index contributed by atoms with van der Waals surface area (Å²) >= 11 is 0. The molecule has 0 aliphatic carbocycles. The highest BCUT2D eigenvalue weighted by atomic mass is 32.2. The Morgan fingerprint density at radius 2 is 1.60 bits per heavy atom. The van der Waals surface area contributed by atoms with Gasteiger partial charge in [0.05, 0.1) is 5.69 Å². The molecule has 6 heteroatoms. The van der Waals surface area contributed by atoms with Crippen LogP contribution in [0, 0.1) is 13.8 Å². The largest absolute Gasteiger partial charge is 0.321 e. The molecule has 1 amide bonds. The Bertz CT molecular complexity index is 897. The average Bonchev–Trinajstić information content (AvgIpc) is 2.48. The van der Waals surface area contributed by atoms with Crippen LogP contribution in [0.2, 0.25) is 0 Å². The van der Waals surface area contributed by atoms with Crippen LogP contribution in [0.3, 0.4) is 0 Å². The van der Waals surface area contributed by atoms with E-state index in [0.717, 1.165) is 11.1 Å². The van der Waals surface area contributed by atoms with E-state index in [4.69, 9.17) is 0 Å². The number of hydrogen-bond acceptors (Lipinski definition) is 3. The fourth-order valence-electron chi connectivity index (χ4n) is 2.45. The van der Waals surface area contributed by atoms with Gasteiger partial charge in [0.25, 0.3) is 5.91 Å². The molecule has 0 aliphatic heterocycles. The van der Waals surface area contributed by atoms with Gasteiger partial charge in [-0.15, -0.1) is 0 Å². The summed E-state index contributed by atoms with van der Waals surface area (Å²) in [6.45, 7) is 9.09. The summed E-state index contributed by atoms with van der Waals surface area (Å²) in [5.41, 5.74) is 2.03. The molecule has 0 aliphatic rings. The van der Waals surface area contributed by atoms with E-state index in [2.05, 4.69) is 10.0 Å². The van der Waals surface area contributed by atoms with Crippen LogP contribution in [-0.4, -0.2) is 19.9 Å². The minimum atomic E-state index is -3.76. The molecule has 0 spiro atoms. The van der Waals surface area contributed by atoms with Crippen molar-refractivity contribution in [3.63, 3.8) is 0 Å². The average molecular weight is 360 g/mol. The molecule has 0 heterocycles. The van der Waals surface area contributed by atoms with Gasteiger partial charge in [0, 0.05) is 11.1 Å². The van der Waals surface area contributed by atoms with E-state index in [9.17, 15) is 13.2 Å². The Labute approximate surface area is 149 Å². The third-order valence-electron chi connectivity index (χ3n) is 3.71. The minimum absolute atomic E-state index is 0.0450. The van der Waals surface area contributed by atoms with Gasteiger partial charge in [0.1, 0.15) is 4.90 Å². The summed E-state index contributed by atoms with van der Waals surface area (Å²) in [5, 5.41) is 2.73. The monoisotopic (exact) mass is 360 g/mol. The van der Waals surface area contributed by atoms with E-state index in [1.54, 1.807) is 51.1 Å². The van der Waals surface area contributed by atoms with Crippen molar-refractivity contribution in [3.05, 3.63) is 59.2 Å². The SMILES string of the molecule is Cc1cccc(C(=O)Nc2ccccc2S(=O)(=O)NC(C)(C)C)c1C. The van der Waals surface area contributed by atoms with Crippen molar-refractivity contribution in [2.75, 3.05) is 5.32 Å². The van der Waals surface area contributed by atoms with Crippen molar-refractivity contribution in [1.29, 1.82) is 0 Å². The van der Waals surface area contributed by atoms with Gasteiger partial charge in [-0.3, -0.25) is 4.79 Å². The lowest BCUT2D eigenvalue weighted by molar-refractivity contribution is 0.102. The van der Waals surface area contributed by atoms with Crippen LogP contribution in [0.4, 0.5) is 5.69 Å². The summed E-state index contributed by atoms with van der Waals surface area (Å²) in [7, 11) is -3.76. The normalized spacial score (nSPS) is 12.0. The Balaban J connectivity index is 2.39. The van der Waals surface area contributed by atoms with Crippen molar-refractivity contribution >= 4 is 21.6 Å². The lowest BCUT2D eigenvalue weighted by atomic mass is 10.0. The van der Waals surface area contributed by atoms with E-state index in [1.165, 1.54) is 6.07 Å². The van der Waals surface area contributed by atoms with Crippen LogP contribution in [0.25, 0.3) is 0 Å². The second kappa shape index (κ2) is 6.98. The molecular weight excluding hydrogens is 336 g/mol. The molecule has 0 saturated carbocycles. The maximum absolute atomic E-state index is 12.6. The van der Waals surface area contributed by atoms with Gasteiger partial charge in [0.15, 0.2) is 0 Å². The number of para-hydroxylation sites is 1. The second-order valence-electron chi connectivity index (χ2n) is 7.05. The first-order valence-electron chi connectivity index (χ1n) is 8.02. The van der Waals surface area contributed by atoms with Crippen LogP contribution < -0.4 is 10.0 Å². The molecule has 2 N–H and O–H groups in total. The number of amides is 1. The molecule has 5 nitrogen and oxygen atoms in total. The van der Waals surface area contributed by atoms with Crippen LogP contribution in [0.5, 0.6) is 0 Å². The maximum atomic E-state index is 12.6. The van der Waals surface area contributed by atoms with E-state index in [0.29, 0.717) is 5.56 Å². The Hall–Kier alpha value is -2.18. The molecule has 25 heavy (non-hydrogen) atoms. The maximum Gasteiger partial charge on any atom is 0.255 e. The number of anilines is 1. The van der Waals surface area contributed by atoms with Gasteiger partial charge < -0.3 is 5.32 Å². The highest BCUT2D eigenvalue weighted by molar-refractivity contribution is 7.89. The minimum Gasteiger partial charge on any atom is -0.321 e. The first-order chi connectivity index (χ1) is 11.5. The number of sulfonamides is 1. The quantitative estimate of drug-likeness (QED) is 0.874. The summed E-state index contributed by atoms with van der Waals surface area (Å²) in [4.78, 5) is 12.7. The van der Waals surface area contributed by atoms with Crippen LogP contribution in [-0.2, 0) is 10.0 Å². The van der Waals surface area contributed by atoms with E-state index in [-0.39, 0.29) is 16.5 Å². The Morgan fingerprint density at radius 1 is 0.960 bits per heavy atom. The molecule has 0 bridgehead atoms. The predicted molar refractivity (Wildman–Crippen MR) is 100 cm³/mol. The lowest BCUT2D eigenvalue weighted by Crippen LogP contribution is -2.40. The first-order valence-corrected chi connectivity index (χ1v) is 9.50. The van der Waals surface area contributed by atoms with Crippen LogP contribution in [0.1, 0.15) is 42.3 Å². The van der Waals surface area contributed by atoms with E-state index in [1.807, 2.05) is 19.9 Å². The number of aryl methyl sites for hydroxylation is 1. The molecule has 0 atom stereocenters. The van der Waals surface area contributed by atoms with Crippen molar-refractivity contribution in [3.8, 4) is 0 Å². The zero-order valence-corrected chi connectivity index (χ0v) is 16.0. The van der Waals surface area contributed by atoms with Crippen molar-refractivity contribution in [1.82, 2.24) is 4.72 Å². The van der Waals surface area contributed by atoms with Gasteiger partial charge in [-0.25, -0.2) is 13.1 Å². The third-order valence-corrected chi connectivity index (χ3v) is 5.53.